The molecule has 1 radical (unpaired) electrons. The summed E-state index contributed by atoms with van der Waals surface area (Å²) in [7, 11) is 0. The molecule has 6 nitrogen and oxygen atoms in total. The first-order valence-corrected chi connectivity index (χ1v) is 6.99. The van der Waals surface area contributed by atoms with E-state index in [2.05, 4.69) is 0 Å². The number of carbonyl (C=O) groups excluding carboxylic acids is 6. The van der Waals surface area contributed by atoms with Crippen LogP contribution in [0.1, 0.15) is 54.4 Å². The van der Waals surface area contributed by atoms with E-state index >= 15 is 0 Å². The Hall–Kier alpha value is -1.07. The van der Waals surface area contributed by atoms with E-state index < -0.39 is 5.38 Å². The van der Waals surface area contributed by atoms with Crippen molar-refractivity contribution in [2.75, 3.05) is 0 Å². The van der Waals surface area contributed by atoms with E-state index in [0.717, 1.165) is 0 Å². The van der Waals surface area contributed by atoms with Crippen molar-refractivity contribution >= 4 is 46.3 Å². The zero-order chi connectivity index (χ0) is 18.5. The number of rotatable bonds is 6. The van der Waals surface area contributed by atoms with E-state index in [1.807, 2.05) is 0 Å². The minimum Gasteiger partial charge on any atom is -0.283 e. The monoisotopic (exact) mass is 443 g/mol. The van der Waals surface area contributed by atoms with Crippen LogP contribution in [0.4, 0.5) is 0 Å². The van der Waals surface area contributed by atoms with E-state index in [-0.39, 0.29) is 54.2 Å². The van der Waals surface area contributed by atoms with Crippen molar-refractivity contribution in [3.8, 4) is 0 Å². The van der Waals surface area contributed by atoms with Crippen LogP contribution >= 0.6 is 11.6 Å². The van der Waals surface area contributed by atoms with E-state index in [1.165, 1.54) is 13.8 Å². The fourth-order valence-electron chi connectivity index (χ4n) is 1.04. The fourth-order valence-corrected chi connectivity index (χ4v) is 1.04. The first kappa shape index (κ1) is 29.9. The van der Waals surface area contributed by atoms with Crippen molar-refractivity contribution in [1.82, 2.24) is 0 Å². The van der Waals surface area contributed by atoms with Crippen molar-refractivity contribution in [2.45, 2.75) is 59.8 Å². The predicted octanol–water partition coefficient (Wildman–Crippen LogP) is 1.73. The molecule has 0 bridgehead atoms. The van der Waals surface area contributed by atoms with Gasteiger partial charge in [-0.25, -0.2) is 0 Å². The fraction of sp³-hybridized carbons (Fsp3) is 0.600. The van der Waals surface area contributed by atoms with Crippen LogP contribution in [0.2, 0.25) is 0 Å². The van der Waals surface area contributed by atoms with Crippen LogP contribution in [-0.2, 0) is 19.5 Å². The molecule has 0 fully saturated rings. The summed E-state index contributed by atoms with van der Waals surface area (Å²) in [5.74, 6) is 1.04. The van der Waals surface area contributed by atoms with Crippen molar-refractivity contribution < 1.29 is 48.2 Å². The molecular weight excluding hydrogens is 415 g/mol. The summed E-state index contributed by atoms with van der Waals surface area (Å²) < 4.78 is 0. The zero-order valence-electron chi connectivity index (χ0n) is 14.4. The van der Waals surface area contributed by atoms with E-state index in [1.54, 1.807) is 27.7 Å². The van der Waals surface area contributed by atoms with Crippen LogP contribution in [0.3, 0.4) is 0 Å². The van der Waals surface area contributed by atoms with Gasteiger partial charge in [0.15, 0.2) is 12.8 Å². The Morgan fingerprint density at radius 3 is 0.783 bits per heavy atom. The minimum atomic E-state index is -0.713. The zero-order valence-corrected chi connectivity index (χ0v) is 16.8. The maximum absolute atomic E-state index is 8.60. The second kappa shape index (κ2) is 17.3. The Bertz CT molecular complexity index is 381. The molecule has 0 atom stereocenters. The summed E-state index contributed by atoms with van der Waals surface area (Å²) in [4.78, 5) is 51.0. The molecule has 6 N–H and O–H groups in total. The maximum Gasteiger partial charge on any atom is 0.320 e. The third-order valence-corrected chi connectivity index (χ3v) is 2.39. The van der Waals surface area contributed by atoms with Gasteiger partial charge in [-0.2, -0.15) is 0 Å². The van der Waals surface area contributed by atoms with Crippen molar-refractivity contribution in [2.24, 2.45) is 0 Å². The number of hydrogen-bond acceptors (Lipinski definition) is 0. The number of alkyl halides is 1. The number of halogens is 1. The average molecular weight is 444 g/mol. The normalized spacial score (nSPS) is 9.52. The first-order valence-electron chi connectivity index (χ1n) is 6.55. The van der Waals surface area contributed by atoms with Gasteiger partial charge >= 0.3 is 34.7 Å². The van der Waals surface area contributed by atoms with Crippen LogP contribution in [0.5, 0.6) is 0 Å². The predicted molar refractivity (Wildman–Crippen MR) is 94.6 cm³/mol. The standard InChI is InChI=1S/C5H7ClO2.2C5H8O2.Rh/c1-3(7)5(6)4(2)8;2*1-4(6)3-5(2)7;/h5H,1-2H3;2*3H2,1-2H3;/p+6. The Kier molecular flexibility index (Phi) is 22.5. The molecule has 0 amide bonds. The van der Waals surface area contributed by atoms with Gasteiger partial charge < -0.3 is 0 Å². The van der Waals surface area contributed by atoms with Gasteiger partial charge in [-0.15, -0.1) is 0 Å². The summed E-state index contributed by atoms with van der Waals surface area (Å²) in [5, 5.41) is -0.713. The molecule has 0 saturated carbocycles. The molecule has 0 aliphatic carbocycles. The molecule has 0 spiro atoms. The molecule has 0 aromatic heterocycles. The summed E-state index contributed by atoms with van der Waals surface area (Å²) >= 11 is 5.38. The smallest absolute Gasteiger partial charge is 0.283 e. The van der Waals surface area contributed by atoms with Crippen LogP contribution in [0.25, 0.3) is 0 Å². The topological polar surface area (TPSA) is 128 Å². The minimum absolute atomic E-state index is 0. The van der Waals surface area contributed by atoms with Crippen molar-refractivity contribution in [3.05, 3.63) is 0 Å². The van der Waals surface area contributed by atoms with Gasteiger partial charge in [0.2, 0.25) is 0 Å². The largest absolute Gasteiger partial charge is 0.320 e. The second-order valence-electron chi connectivity index (χ2n) is 4.94. The average Bonchev–Trinajstić information content (AvgIpc) is 2.25. The van der Waals surface area contributed by atoms with Gasteiger partial charge in [0.25, 0.3) is 5.38 Å². The second-order valence-corrected chi connectivity index (χ2v) is 5.38. The Morgan fingerprint density at radius 2 is 0.783 bits per heavy atom. The number of ketones is 6. The molecule has 0 saturated heterocycles. The first-order chi connectivity index (χ1) is 9.81. The van der Waals surface area contributed by atoms with Gasteiger partial charge in [-0.3, -0.25) is 28.8 Å². The van der Waals surface area contributed by atoms with E-state index in [0.29, 0.717) is 12.8 Å². The molecule has 0 heterocycles. The molecule has 0 aromatic rings. The van der Waals surface area contributed by atoms with Crippen LogP contribution in [0, 0.1) is 0 Å². The molecule has 0 unspecified atom stereocenters. The van der Waals surface area contributed by atoms with E-state index in [4.69, 9.17) is 40.4 Å². The van der Waals surface area contributed by atoms with Gasteiger partial charge in [0.1, 0.15) is 0 Å². The molecule has 0 rings (SSSR count). The van der Waals surface area contributed by atoms with E-state index in [9.17, 15) is 0 Å². The SMILES string of the molecule is CC(=[OH+])C(Cl)C(C)=[OH+].CC(=[OH+])CC(C)=[OH+].CC(=[OH+])CC(C)=[OH+].[Rh]. The van der Waals surface area contributed by atoms with Gasteiger partial charge in [-0.1, -0.05) is 11.6 Å². The van der Waals surface area contributed by atoms with Gasteiger partial charge in [0.05, 0.1) is 0 Å². The summed E-state index contributed by atoms with van der Waals surface area (Å²) in [6.45, 7) is 9.10. The van der Waals surface area contributed by atoms with Crippen molar-refractivity contribution in [3.63, 3.8) is 0 Å². The van der Waals surface area contributed by atoms with Crippen LogP contribution in [-0.4, -0.2) is 68.8 Å². The van der Waals surface area contributed by atoms with Crippen molar-refractivity contribution in [1.29, 1.82) is 0 Å². The Morgan fingerprint density at radius 1 is 0.609 bits per heavy atom. The third-order valence-electron chi connectivity index (χ3n) is 1.76. The Labute approximate surface area is 154 Å². The van der Waals surface area contributed by atoms with Crippen LogP contribution < -0.4 is 0 Å². The molecule has 0 aliphatic heterocycles. The summed E-state index contributed by atoms with van der Waals surface area (Å²) in [6, 6.07) is 0. The quantitative estimate of drug-likeness (QED) is 0.256. The summed E-state index contributed by atoms with van der Waals surface area (Å²) in [5.41, 5.74) is 0. The van der Waals surface area contributed by atoms with Gasteiger partial charge in [-0.05, 0) is 0 Å². The maximum atomic E-state index is 8.60. The molecule has 0 aliphatic rings. The Balaban J connectivity index is -0.000000116. The number of hydrogen-bond donors (Lipinski definition) is 0. The molecule has 135 valence electrons. The van der Waals surface area contributed by atoms with Gasteiger partial charge in [0, 0.05) is 61.0 Å². The van der Waals surface area contributed by atoms with Crippen LogP contribution in [0.15, 0.2) is 0 Å². The molecule has 0 aromatic carbocycles. The molecule has 8 heteroatoms. The molecule has 23 heavy (non-hydrogen) atoms. The summed E-state index contributed by atoms with van der Waals surface area (Å²) in [6.07, 6.45) is 0.611. The third kappa shape index (κ3) is 33.6. The molecular formula is C15H29ClO6Rh+6.